The normalized spacial score (nSPS) is 15.5. The van der Waals surface area contributed by atoms with Crippen molar-refractivity contribution >= 4 is 27.8 Å². The predicted octanol–water partition coefficient (Wildman–Crippen LogP) is 5.99. The van der Waals surface area contributed by atoms with Crippen LogP contribution in [0.1, 0.15) is 52.5 Å². The number of fused-ring (bicyclic) bond motifs is 1. The van der Waals surface area contributed by atoms with Crippen LogP contribution >= 0.6 is 11.3 Å². The van der Waals surface area contributed by atoms with Crippen LogP contribution in [0.5, 0.6) is 0 Å². The van der Waals surface area contributed by atoms with Crippen LogP contribution in [0, 0.1) is 30.6 Å². The van der Waals surface area contributed by atoms with Crippen molar-refractivity contribution in [2.45, 2.75) is 40.5 Å². The van der Waals surface area contributed by atoms with Crippen molar-refractivity contribution in [2.24, 2.45) is 15.6 Å². The van der Waals surface area contributed by atoms with E-state index in [0.29, 0.717) is 34.0 Å². The summed E-state index contributed by atoms with van der Waals surface area (Å²) in [6.07, 6.45) is 1.19. The predicted molar refractivity (Wildman–Crippen MR) is 113 cm³/mol. The topological polar surface area (TPSA) is 83.4 Å². The summed E-state index contributed by atoms with van der Waals surface area (Å²) < 4.78 is 1.83. The van der Waals surface area contributed by atoms with Gasteiger partial charge in [0.25, 0.3) is 0 Å². The molecule has 0 atom stereocenters. The summed E-state index contributed by atoms with van der Waals surface area (Å²) in [7, 11) is 0. The Kier molecular flexibility index (Phi) is 4.67. The maximum Gasteiger partial charge on any atom is 0.173 e. The zero-order valence-corrected chi connectivity index (χ0v) is 17.7. The van der Waals surface area contributed by atoms with Gasteiger partial charge in [0.15, 0.2) is 10.8 Å². The van der Waals surface area contributed by atoms with Gasteiger partial charge in [-0.2, -0.15) is 10.4 Å². The van der Waals surface area contributed by atoms with Crippen molar-refractivity contribution in [3.05, 3.63) is 57.7 Å². The second-order valence-electron chi connectivity index (χ2n) is 8.11. The molecule has 2 aromatic heterocycles. The Balaban J connectivity index is 1.74. The molecule has 0 unspecified atom stereocenters. The molecule has 1 aliphatic rings. The number of ketones is 1. The molecule has 3 aromatic rings. The van der Waals surface area contributed by atoms with E-state index in [1.54, 1.807) is 0 Å². The third-order valence-electron chi connectivity index (χ3n) is 5.14. The number of aryl methyl sites for hydroxylation is 1. The lowest BCUT2D eigenvalue weighted by Gasteiger charge is -2.28. The molecule has 0 spiro atoms. The monoisotopic (exact) mass is 403 g/mol. The summed E-state index contributed by atoms with van der Waals surface area (Å²) in [5.41, 5.74) is 4.40. The fourth-order valence-electron chi connectivity index (χ4n) is 3.78. The van der Waals surface area contributed by atoms with E-state index in [9.17, 15) is 10.1 Å². The first-order chi connectivity index (χ1) is 13.8. The first-order valence-corrected chi connectivity index (χ1v) is 10.2. The fraction of sp³-hybridized carbons (Fsp3) is 0.318. The number of Topliss-reactive ketones (excluding diaryl/α,β-unsaturated/α-hetero) is 1. The molecule has 1 aromatic carbocycles. The zero-order chi connectivity index (χ0) is 20.8. The molecule has 4 rings (SSSR count). The van der Waals surface area contributed by atoms with Crippen LogP contribution in [0.25, 0.3) is 5.69 Å². The molecule has 1 aliphatic carbocycles. The Morgan fingerprint density at radius 1 is 1.17 bits per heavy atom. The summed E-state index contributed by atoms with van der Waals surface area (Å²) in [6, 6.07) is 12.1. The van der Waals surface area contributed by atoms with Gasteiger partial charge in [-0.05, 0) is 43.4 Å². The largest absolute Gasteiger partial charge is 0.293 e. The third kappa shape index (κ3) is 3.40. The molecule has 6 nitrogen and oxygen atoms in total. The van der Waals surface area contributed by atoms with Crippen molar-refractivity contribution in [1.29, 1.82) is 5.26 Å². The van der Waals surface area contributed by atoms with Crippen LogP contribution in [0.2, 0.25) is 0 Å². The maximum absolute atomic E-state index is 12.5. The van der Waals surface area contributed by atoms with E-state index in [2.05, 4.69) is 35.2 Å². The fourth-order valence-corrected chi connectivity index (χ4v) is 4.81. The second-order valence-corrected chi connectivity index (χ2v) is 9.11. The van der Waals surface area contributed by atoms with Crippen LogP contribution < -0.4 is 0 Å². The highest BCUT2D eigenvalue weighted by Gasteiger charge is 2.35. The van der Waals surface area contributed by atoms with Crippen LogP contribution in [0.4, 0.5) is 10.7 Å². The van der Waals surface area contributed by atoms with E-state index < -0.39 is 0 Å². The minimum absolute atomic E-state index is 0.0865. The van der Waals surface area contributed by atoms with Crippen LogP contribution in [-0.4, -0.2) is 15.6 Å². The summed E-state index contributed by atoms with van der Waals surface area (Å²) in [5, 5.41) is 23.6. The minimum Gasteiger partial charge on any atom is -0.293 e. The highest BCUT2D eigenvalue weighted by atomic mass is 32.1. The van der Waals surface area contributed by atoms with Gasteiger partial charge in [0, 0.05) is 6.42 Å². The Labute approximate surface area is 173 Å². The molecule has 0 bridgehead atoms. The number of nitrogens with zero attached hydrogens (tertiary/aromatic N) is 5. The van der Waals surface area contributed by atoms with Crippen LogP contribution in [0.15, 0.2) is 40.6 Å². The van der Waals surface area contributed by atoms with Crippen LogP contribution in [0.3, 0.4) is 0 Å². The maximum atomic E-state index is 12.5. The Morgan fingerprint density at radius 3 is 2.59 bits per heavy atom. The third-order valence-corrected chi connectivity index (χ3v) is 6.30. The summed E-state index contributed by atoms with van der Waals surface area (Å²) in [6.45, 7) is 7.94. The van der Waals surface area contributed by atoms with Gasteiger partial charge in [-0.25, -0.2) is 4.68 Å². The number of rotatable bonds is 3. The van der Waals surface area contributed by atoms with Crippen LogP contribution in [-0.2, 0) is 6.42 Å². The van der Waals surface area contributed by atoms with Crippen molar-refractivity contribution in [2.75, 3.05) is 0 Å². The van der Waals surface area contributed by atoms with Gasteiger partial charge in [0.05, 0.1) is 27.5 Å². The lowest BCUT2D eigenvalue weighted by Crippen LogP contribution is -2.25. The van der Waals surface area contributed by atoms with E-state index in [-0.39, 0.29) is 11.2 Å². The number of carbonyl (C=O) groups is 1. The lowest BCUT2D eigenvalue weighted by molar-refractivity contribution is 0.0917. The highest BCUT2D eigenvalue weighted by Crippen LogP contribution is 2.45. The van der Waals surface area contributed by atoms with Gasteiger partial charge in [-0.3, -0.25) is 4.79 Å². The smallest absolute Gasteiger partial charge is 0.173 e. The molecule has 7 heteroatoms. The average Bonchev–Trinajstić information content (AvgIpc) is 3.16. The number of hydrogen-bond donors (Lipinski definition) is 0. The number of azo groups is 1. The Hall–Kier alpha value is -3.11. The van der Waals surface area contributed by atoms with Crippen molar-refractivity contribution in [3.8, 4) is 11.8 Å². The molecule has 0 amide bonds. The number of para-hydroxylation sites is 1. The van der Waals surface area contributed by atoms with Gasteiger partial charge in [-0.1, -0.05) is 32.0 Å². The summed E-state index contributed by atoms with van der Waals surface area (Å²) >= 11 is 1.27. The van der Waals surface area contributed by atoms with E-state index in [1.165, 1.54) is 11.3 Å². The number of hydrogen-bond acceptors (Lipinski definition) is 6. The molecule has 0 fully saturated rings. The second kappa shape index (κ2) is 7.05. The van der Waals surface area contributed by atoms with E-state index in [1.807, 2.05) is 48.9 Å². The van der Waals surface area contributed by atoms with Crippen molar-refractivity contribution < 1.29 is 4.79 Å². The standard InChI is InChI=1S/C22H21N5OS/c1-13-19(14(2)27(26-13)15-8-6-5-7-9-15)24-25-21-17(12-23)16-10-22(3,4)11-18(28)20(16)29-21/h5-9H,10-11H2,1-4H3. The number of nitriles is 1. The molecule has 0 N–H and O–H groups in total. The first-order valence-electron chi connectivity index (χ1n) is 9.43. The molecular weight excluding hydrogens is 382 g/mol. The number of carbonyl (C=O) groups excluding carboxylic acids is 1. The van der Waals surface area contributed by atoms with Gasteiger partial charge < -0.3 is 0 Å². The summed E-state index contributed by atoms with van der Waals surface area (Å²) in [5.74, 6) is 0.0865. The van der Waals surface area contributed by atoms with Gasteiger partial charge in [0.1, 0.15) is 11.8 Å². The van der Waals surface area contributed by atoms with Crippen molar-refractivity contribution in [1.82, 2.24) is 9.78 Å². The highest BCUT2D eigenvalue weighted by molar-refractivity contribution is 7.18. The molecule has 0 aliphatic heterocycles. The molecule has 0 radical (unpaired) electrons. The Bertz CT molecular complexity index is 1180. The van der Waals surface area contributed by atoms with Gasteiger partial charge >= 0.3 is 0 Å². The lowest BCUT2D eigenvalue weighted by atomic mass is 9.75. The minimum atomic E-state index is -0.144. The average molecular weight is 404 g/mol. The molecule has 0 saturated heterocycles. The SMILES string of the molecule is Cc1nn(-c2ccccc2)c(C)c1N=Nc1sc2c(c1C#N)CC(C)(C)CC2=O. The van der Waals surface area contributed by atoms with Gasteiger partial charge in [0.2, 0.25) is 0 Å². The number of aromatic nitrogens is 2. The first kappa shape index (κ1) is 19.2. The molecule has 146 valence electrons. The number of thiophene rings is 1. The van der Waals surface area contributed by atoms with Gasteiger partial charge in [-0.15, -0.1) is 21.6 Å². The van der Waals surface area contributed by atoms with E-state index in [0.717, 1.165) is 22.6 Å². The van der Waals surface area contributed by atoms with E-state index in [4.69, 9.17) is 0 Å². The zero-order valence-electron chi connectivity index (χ0n) is 16.9. The van der Waals surface area contributed by atoms with Crippen molar-refractivity contribution in [3.63, 3.8) is 0 Å². The molecular formula is C22H21N5OS. The Morgan fingerprint density at radius 2 is 1.90 bits per heavy atom. The molecule has 29 heavy (non-hydrogen) atoms. The quantitative estimate of drug-likeness (QED) is 0.503. The number of benzene rings is 1. The van der Waals surface area contributed by atoms with E-state index >= 15 is 0 Å². The molecule has 2 heterocycles. The summed E-state index contributed by atoms with van der Waals surface area (Å²) in [4.78, 5) is 13.2. The molecule has 0 saturated carbocycles.